The van der Waals surface area contributed by atoms with E-state index in [0.717, 1.165) is 17.5 Å². The molecule has 4 rings (SSSR count). The fourth-order valence-electron chi connectivity index (χ4n) is 4.64. The molecule has 1 aliphatic heterocycles. The van der Waals surface area contributed by atoms with Crippen LogP contribution in [0.2, 0.25) is 0 Å². The minimum atomic E-state index is -3.35. The molecule has 0 aromatic heterocycles. The highest BCUT2D eigenvalue weighted by Crippen LogP contribution is 2.42. The molecule has 0 saturated carbocycles. The van der Waals surface area contributed by atoms with Crippen molar-refractivity contribution in [3.8, 4) is 5.75 Å². The molecule has 0 spiro atoms. The number of ether oxygens (including phenoxy) is 1. The van der Waals surface area contributed by atoms with E-state index in [0.29, 0.717) is 23.4 Å². The zero-order valence-electron chi connectivity index (χ0n) is 20.1. The van der Waals surface area contributed by atoms with E-state index in [9.17, 15) is 18.0 Å². The number of nitrogens with zero attached hydrogens (tertiary/aromatic N) is 2. The summed E-state index contributed by atoms with van der Waals surface area (Å²) in [5.74, 6) is 0.379. The summed E-state index contributed by atoms with van der Waals surface area (Å²) < 4.78 is 29.0. The van der Waals surface area contributed by atoms with Crippen LogP contribution in [0.4, 0.5) is 11.4 Å². The van der Waals surface area contributed by atoms with Crippen LogP contribution >= 0.6 is 0 Å². The van der Waals surface area contributed by atoms with Crippen molar-refractivity contribution in [2.45, 2.75) is 37.2 Å². The highest BCUT2D eigenvalue weighted by Gasteiger charge is 2.38. The summed E-state index contributed by atoms with van der Waals surface area (Å²) >= 11 is 0. The first-order chi connectivity index (χ1) is 16.6. The van der Waals surface area contributed by atoms with E-state index in [1.54, 1.807) is 53.3 Å². The largest absolute Gasteiger partial charge is 0.497 e. The van der Waals surface area contributed by atoms with Crippen LogP contribution < -0.4 is 14.5 Å². The molecule has 3 aromatic rings. The normalized spacial score (nSPS) is 17.4. The van der Waals surface area contributed by atoms with Crippen LogP contribution in [0, 0.1) is 0 Å². The fraction of sp³-hybridized carbons (Fsp3) is 0.259. The molecule has 1 heterocycles. The van der Waals surface area contributed by atoms with Gasteiger partial charge in [-0.15, -0.1) is 0 Å². The van der Waals surface area contributed by atoms with Crippen LogP contribution in [0.15, 0.2) is 77.7 Å². The summed E-state index contributed by atoms with van der Waals surface area (Å²) in [5, 5.41) is 0. The Hall–Kier alpha value is -3.65. The first-order valence-electron chi connectivity index (χ1n) is 11.3. The van der Waals surface area contributed by atoms with E-state index < -0.39 is 9.84 Å². The molecule has 0 fully saturated rings. The number of hydrogen-bond acceptors (Lipinski definition) is 5. The highest BCUT2D eigenvalue weighted by atomic mass is 32.2. The van der Waals surface area contributed by atoms with Crippen molar-refractivity contribution in [3.05, 3.63) is 83.9 Å². The molecule has 35 heavy (non-hydrogen) atoms. The van der Waals surface area contributed by atoms with Gasteiger partial charge in [-0.05, 0) is 73.5 Å². The van der Waals surface area contributed by atoms with Gasteiger partial charge in [0.05, 0.1) is 18.0 Å². The average Bonchev–Trinajstić information content (AvgIpc) is 2.83. The predicted molar refractivity (Wildman–Crippen MR) is 136 cm³/mol. The number of fused-ring (bicyclic) bond motifs is 1. The van der Waals surface area contributed by atoms with E-state index in [4.69, 9.17) is 4.74 Å². The SMILES string of the molecule is COc1ccc(C(=O)N2c3ccccc3[C@H](N(C(C)=O)c3ccc(S(C)(=O)=O)cc3)C[C@@H]2C)cc1. The molecule has 8 heteroatoms. The molecule has 0 bridgehead atoms. The van der Waals surface area contributed by atoms with Crippen LogP contribution in [0.3, 0.4) is 0 Å². The van der Waals surface area contributed by atoms with Crippen molar-refractivity contribution < 1.29 is 22.7 Å². The van der Waals surface area contributed by atoms with Gasteiger partial charge in [0.15, 0.2) is 9.84 Å². The van der Waals surface area contributed by atoms with Crippen molar-refractivity contribution in [1.29, 1.82) is 0 Å². The van der Waals surface area contributed by atoms with Gasteiger partial charge in [-0.3, -0.25) is 9.59 Å². The molecule has 0 unspecified atom stereocenters. The van der Waals surface area contributed by atoms with Crippen LogP contribution in [-0.2, 0) is 14.6 Å². The Morgan fingerprint density at radius 2 is 1.60 bits per heavy atom. The second kappa shape index (κ2) is 9.54. The van der Waals surface area contributed by atoms with Gasteiger partial charge in [0.1, 0.15) is 5.75 Å². The highest BCUT2D eigenvalue weighted by molar-refractivity contribution is 7.90. The molecule has 182 valence electrons. The number of sulfone groups is 1. The van der Waals surface area contributed by atoms with Crippen molar-refractivity contribution in [2.24, 2.45) is 0 Å². The molecule has 2 amide bonds. The second-order valence-corrected chi connectivity index (χ2v) is 10.7. The Labute approximate surface area is 205 Å². The number of hydrogen-bond donors (Lipinski definition) is 0. The lowest BCUT2D eigenvalue weighted by Crippen LogP contribution is -2.47. The zero-order valence-corrected chi connectivity index (χ0v) is 21.0. The van der Waals surface area contributed by atoms with Gasteiger partial charge in [0.2, 0.25) is 5.91 Å². The third-order valence-electron chi connectivity index (χ3n) is 6.31. The van der Waals surface area contributed by atoms with Crippen LogP contribution in [0.25, 0.3) is 0 Å². The second-order valence-electron chi connectivity index (χ2n) is 8.72. The van der Waals surface area contributed by atoms with Gasteiger partial charge in [-0.25, -0.2) is 8.42 Å². The average molecular weight is 493 g/mol. The first-order valence-corrected chi connectivity index (χ1v) is 13.2. The maximum Gasteiger partial charge on any atom is 0.258 e. The Kier molecular flexibility index (Phi) is 6.67. The maximum atomic E-state index is 13.5. The number of benzene rings is 3. The quantitative estimate of drug-likeness (QED) is 0.518. The van der Waals surface area contributed by atoms with Gasteiger partial charge in [0.25, 0.3) is 5.91 Å². The third-order valence-corrected chi connectivity index (χ3v) is 7.44. The molecule has 1 aliphatic rings. The summed E-state index contributed by atoms with van der Waals surface area (Å²) in [7, 11) is -1.77. The summed E-state index contributed by atoms with van der Waals surface area (Å²) in [6.45, 7) is 3.46. The lowest BCUT2D eigenvalue weighted by atomic mass is 9.89. The number of anilines is 2. The Morgan fingerprint density at radius 3 is 2.17 bits per heavy atom. The molecule has 7 nitrogen and oxygen atoms in total. The smallest absolute Gasteiger partial charge is 0.258 e. The maximum absolute atomic E-state index is 13.5. The lowest BCUT2D eigenvalue weighted by molar-refractivity contribution is -0.117. The Bertz CT molecular complexity index is 1350. The topological polar surface area (TPSA) is 84.0 Å². The standard InChI is InChI=1S/C27H28N2O5S/c1-18-17-26(29(19(2)30)21-11-15-23(16-12-21)35(4,32)33)24-7-5-6-8-25(24)28(18)27(31)20-9-13-22(34-3)14-10-20/h5-16,18,26H,17H2,1-4H3/t18-,26+/m0/s1. The summed E-state index contributed by atoms with van der Waals surface area (Å²) in [6, 6.07) is 20.4. The minimum Gasteiger partial charge on any atom is -0.497 e. The number of para-hydroxylation sites is 1. The van der Waals surface area contributed by atoms with Crippen LogP contribution in [0.1, 0.15) is 42.2 Å². The van der Waals surface area contributed by atoms with Crippen molar-refractivity contribution in [1.82, 2.24) is 0 Å². The van der Waals surface area contributed by atoms with E-state index in [1.165, 1.54) is 19.1 Å². The Balaban J connectivity index is 1.74. The van der Waals surface area contributed by atoms with Crippen LogP contribution in [-0.4, -0.2) is 39.6 Å². The summed E-state index contributed by atoms with van der Waals surface area (Å²) in [5.41, 5.74) is 2.75. The zero-order chi connectivity index (χ0) is 25.3. The summed E-state index contributed by atoms with van der Waals surface area (Å²) in [6.07, 6.45) is 1.67. The molecule has 0 saturated heterocycles. The van der Waals surface area contributed by atoms with Gasteiger partial charge in [-0.1, -0.05) is 18.2 Å². The molecule has 3 aromatic carbocycles. The van der Waals surface area contributed by atoms with Crippen LogP contribution in [0.5, 0.6) is 5.75 Å². The fourth-order valence-corrected chi connectivity index (χ4v) is 5.27. The van der Waals surface area contributed by atoms with E-state index in [-0.39, 0.29) is 28.8 Å². The van der Waals surface area contributed by atoms with E-state index in [1.807, 2.05) is 31.2 Å². The third kappa shape index (κ3) is 4.79. The van der Waals surface area contributed by atoms with Gasteiger partial charge >= 0.3 is 0 Å². The number of amides is 2. The van der Waals surface area contributed by atoms with Crippen molar-refractivity contribution in [3.63, 3.8) is 0 Å². The van der Waals surface area contributed by atoms with E-state index in [2.05, 4.69) is 0 Å². The number of methoxy groups -OCH3 is 1. The Morgan fingerprint density at radius 1 is 0.971 bits per heavy atom. The monoisotopic (exact) mass is 492 g/mol. The molecule has 0 aliphatic carbocycles. The predicted octanol–water partition coefficient (Wildman–Crippen LogP) is 4.63. The number of carbonyl (C=O) groups excluding carboxylic acids is 2. The number of rotatable bonds is 5. The number of carbonyl (C=O) groups is 2. The first kappa shape index (κ1) is 24.5. The molecular weight excluding hydrogens is 464 g/mol. The lowest BCUT2D eigenvalue weighted by Gasteiger charge is -2.43. The van der Waals surface area contributed by atoms with E-state index >= 15 is 0 Å². The van der Waals surface area contributed by atoms with Gasteiger partial charge in [0, 0.05) is 36.2 Å². The van der Waals surface area contributed by atoms with Crippen molar-refractivity contribution in [2.75, 3.05) is 23.2 Å². The molecular formula is C27H28N2O5S. The van der Waals surface area contributed by atoms with Gasteiger partial charge < -0.3 is 14.5 Å². The minimum absolute atomic E-state index is 0.127. The molecule has 0 radical (unpaired) electrons. The summed E-state index contributed by atoms with van der Waals surface area (Å²) in [4.78, 5) is 30.0. The molecule has 2 atom stereocenters. The van der Waals surface area contributed by atoms with Gasteiger partial charge in [-0.2, -0.15) is 0 Å². The molecule has 0 N–H and O–H groups in total. The van der Waals surface area contributed by atoms with Crippen molar-refractivity contribution >= 4 is 33.0 Å².